The first-order valence-corrected chi connectivity index (χ1v) is 9.86. The van der Waals surface area contributed by atoms with Gasteiger partial charge in [0.05, 0.1) is 0 Å². The maximum atomic E-state index is 2.77. The van der Waals surface area contributed by atoms with E-state index < -0.39 is 0 Å². The minimum Gasteiger partial charge on any atom is -0.299 e. The summed E-state index contributed by atoms with van der Waals surface area (Å²) < 4.78 is 0. The molecule has 4 rings (SSSR count). The summed E-state index contributed by atoms with van der Waals surface area (Å²) in [6, 6.07) is 1.52. The van der Waals surface area contributed by atoms with Crippen molar-refractivity contribution >= 4 is 0 Å². The first-order valence-electron chi connectivity index (χ1n) is 9.86. The molecule has 1 saturated heterocycles. The fraction of sp³-hybridized carbons (Fsp3) is 0.900. The van der Waals surface area contributed by atoms with Crippen molar-refractivity contribution in [1.82, 2.24) is 9.80 Å². The van der Waals surface area contributed by atoms with E-state index in [1.54, 1.807) is 0 Å². The highest BCUT2D eigenvalue weighted by molar-refractivity contribution is 5.31. The third kappa shape index (κ3) is 2.67. The molecule has 1 aliphatic heterocycles. The summed E-state index contributed by atoms with van der Waals surface area (Å²) in [7, 11) is 4.87. The first-order chi connectivity index (χ1) is 10.7. The van der Waals surface area contributed by atoms with Gasteiger partial charge < -0.3 is 0 Å². The Bertz CT molecular complexity index is 403. The Balaban J connectivity index is 1.69. The Morgan fingerprint density at radius 1 is 0.682 bits per heavy atom. The molecule has 1 saturated carbocycles. The van der Waals surface area contributed by atoms with E-state index in [0.29, 0.717) is 0 Å². The van der Waals surface area contributed by atoms with E-state index in [1.807, 2.05) is 11.1 Å². The molecule has 0 N–H and O–H groups in total. The van der Waals surface area contributed by atoms with Gasteiger partial charge in [0, 0.05) is 25.2 Å². The second-order valence-electron chi connectivity index (χ2n) is 8.56. The zero-order valence-corrected chi connectivity index (χ0v) is 14.7. The lowest BCUT2D eigenvalue weighted by atomic mass is 9.75. The van der Waals surface area contributed by atoms with Crippen molar-refractivity contribution in [3.05, 3.63) is 11.1 Å². The van der Waals surface area contributed by atoms with E-state index >= 15 is 0 Å². The summed E-state index contributed by atoms with van der Waals surface area (Å²) in [5, 5.41) is 0. The molecule has 0 spiro atoms. The third-order valence-electron chi connectivity index (χ3n) is 7.21. The molecule has 1 heterocycles. The molecule has 0 aromatic rings. The number of fused-ring (bicyclic) bond motifs is 1. The van der Waals surface area contributed by atoms with Crippen molar-refractivity contribution in [2.45, 2.75) is 76.3 Å². The molecule has 0 radical (unpaired) electrons. The largest absolute Gasteiger partial charge is 0.299 e. The number of rotatable bonds is 0. The van der Waals surface area contributed by atoms with Crippen LogP contribution < -0.4 is 0 Å². The topological polar surface area (TPSA) is 6.48 Å². The molecule has 3 aliphatic carbocycles. The van der Waals surface area contributed by atoms with Crippen molar-refractivity contribution in [2.24, 2.45) is 11.8 Å². The fourth-order valence-corrected chi connectivity index (χ4v) is 6.11. The van der Waals surface area contributed by atoms with Crippen LogP contribution in [0, 0.1) is 11.8 Å². The van der Waals surface area contributed by atoms with Gasteiger partial charge in [0.25, 0.3) is 0 Å². The number of hydrogen-bond donors (Lipinski definition) is 0. The Labute approximate surface area is 136 Å². The van der Waals surface area contributed by atoms with E-state index in [9.17, 15) is 0 Å². The predicted molar refractivity (Wildman–Crippen MR) is 93.0 cm³/mol. The Kier molecular flexibility index (Phi) is 4.34. The van der Waals surface area contributed by atoms with E-state index in [0.717, 1.165) is 23.9 Å². The minimum absolute atomic E-state index is 0.761. The van der Waals surface area contributed by atoms with Gasteiger partial charge in [-0.1, -0.05) is 18.4 Å². The molecule has 0 aromatic heterocycles. The molecule has 4 unspecified atom stereocenters. The van der Waals surface area contributed by atoms with Gasteiger partial charge in [0.15, 0.2) is 0 Å². The highest BCUT2D eigenvalue weighted by Crippen LogP contribution is 2.42. The average Bonchev–Trinajstić information content (AvgIpc) is 2.58. The molecule has 4 atom stereocenters. The summed E-state index contributed by atoms with van der Waals surface area (Å²) in [6.45, 7) is 2.71. The maximum absolute atomic E-state index is 2.77. The lowest BCUT2D eigenvalue weighted by molar-refractivity contribution is 0.131. The summed E-state index contributed by atoms with van der Waals surface area (Å²) in [5.74, 6) is 1.90. The van der Waals surface area contributed by atoms with Crippen molar-refractivity contribution < 1.29 is 0 Å². The molecule has 2 nitrogen and oxygen atoms in total. The summed E-state index contributed by atoms with van der Waals surface area (Å²) in [4.78, 5) is 5.55. The molecule has 0 amide bonds. The van der Waals surface area contributed by atoms with Crippen LogP contribution in [0.3, 0.4) is 0 Å². The van der Waals surface area contributed by atoms with E-state index in [4.69, 9.17) is 0 Å². The molecule has 2 heteroatoms. The summed E-state index contributed by atoms with van der Waals surface area (Å²) >= 11 is 0. The van der Waals surface area contributed by atoms with Gasteiger partial charge in [-0.05, 0) is 82.9 Å². The SMILES string of the molecule is CN1CC2CCCCC2CN(C)C2CCCC3=C2C1CCC3. The van der Waals surface area contributed by atoms with Crippen LogP contribution in [0.15, 0.2) is 11.1 Å². The summed E-state index contributed by atoms with van der Waals surface area (Å²) in [6.07, 6.45) is 14.4. The molecule has 4 aliphatic rings. The molecular formula is C20H34N2. The lowest BCUT2D eigenvalue weighted by Crippen LogP contribution is -2.45. The first kappa shape index (κ1) is 15.2. The Hall–Kier alpha value is -0.340. The number of hydrogen-bond acceptors (Lipinski definition) is 2. The van der Waals surface area contributed by atoms with Gasteiger partial charge in [0.2, 0.25) is 0 Å². The quantitative estimate of drug-likeness (QED) is 0.622. The van der Waals surface area contributed by atoms with Gasteiger partial charge in [-0.25, -0.2) is 0 Å². The van der Waals surface area contributed by atoms with E-state index in [-0.39, 0.29) is 0 Å². The van der Waals surface area contributed by atoms with Gasteiger partial charge in [0.1, 0.15) is 0 Å². The highest BCUT2D eigenvalue weighted by Gasteiger charge is 2.39. The van der Waals surface area contributed by atoms with Crippen molar-refractivity contribution in [2.75, 3.05) is 27.2 Å². The zero-order chi connectivity index (χ0) is 15.1. The number of allylic oxidation sites excluding steroid dienone is 1. The molecule has 22 heavy (non-hydrogen) atoms. The highest BCUT2D eigenvalue weighted by atomic mass is 15.2. The van der Waals surface area contributed by atoms with Crippen LogP contribution in [-0.2, 0) is 0 Å². The van der Waals surface area contributed by atoms with Crippen molar-refractivity contribution in [3.63, 3.8) is 0 Å². The van der Waals surface area contributed by atoms with Crippen LogP contribution in [-0.4, -0.2) is 49.1 Å². The maximum Gasteiger partial charge on any atom is 0.0322 e. The van der Waals surface area contributed by atoms with E-state index in [2.05, 4.69) is 23.9 Å². The van der Waals surface area contributed by atoms with Crippen molar-refractivity contribution in [3.8, 4) is 0 Å². The van der Waals surface area contributed by atoms with Crippen LogP contribution >= 0.6 is 0 Å². The predicted octanol–water partition coefficient (Wildman–Crippen LogP) is 4.07. The molecule has 0 bridgehead atoms. The molecule has 0 aromatic carbocycles. The van der Waals surface area contributed by atoms with Crippen LogP contribution in [0.4, 0.5) is 0 Å². The second-order valence-corrected chi connectivity index (χ2v) is 8.56. The molecule has 2 fully saturated rings. The van der Waals surface area contributed by atoms with E-state index in [1.165, 1.54) is 77.3 Å². The monoisotopic (exact) mass is 302 g/mol. The smallest absolute Gasteiger partial charge is 0.0322 e. The van der Waals surface area contributed by atoms with Gasteiger partial charge >= 0.3 is 0 Å². The van der Waals surface area contributed by atoms with Crippen LogP contribution in [0.25, 0.3) is 0 Å². The van der Waals surface area contributed by atoms with Gasteiger partial charge in [-0.3, -0.25) is 9.80 Å². The zero-order valence-electron chi connectivity index (χ0n) is 14.7. The third-order valence-corrected chi connectivity index (χ3v) is 7.21. The fourth-order valence-electron chi connectivity index (χ4n) is 6.11. The van der Waals surface area contributed by atoms with Crippen LogP contribution in [0.1, 0.15) is 64.2 Å². The van der Waals surface area contributed by atoms with Crippen LogP contribution in [0.2, 0.25) is 0 Å². The summed E-state index contributed by atoms with van der Waals surface area (Å²) in [5.41, 5.74) is 3.73. The number of nitrogens with zero attached hydrogens (tertiary/aromatic N) is 2. The normalized spacial score (nSPS) is 41.2. The Morgan fingerprint density at radius 2 is 1.18 bits per heavy atom. The van der Waals surface area contributed by atoms with Crippen LogP contribution in [0.5, 0.6) is 0 Å². The van der Waals surface area contributed by atoms with Crippen molar-refractivity contribution in [1.29, 1.82) is 0 Å². The number of likely N-dealkylation sites (N-methyl/N-ethyl adjacent to an activating group) is 2. The average molecular weight is 303 g/mol. The standard InChI is InChI=1S/C20H34N2/c1-21-13-16-7-3-4-8-17(16)14-22(2)19-12-6-10-15-9-5-11-18(21)20(15)19/h16-19H,3-14H2,1-2H3. The molecule has 124 valence electrons. The Morgan fingerprint density at radius 3 is 1.68 bits per heavy atom. The lowest BCUT2D eigenvalue weighted by Gasteiger charge is -2.43. The van der Waals surface area contributed by atoms with Gasteiger partial charge in [-0.2, -0.15) is 0 Å². The van der Waals surface area contributed by atoms with Gasteiger partial charge in [-0.15, -0.1) is 0 Å². The second kappa shape index (κ2) is 6.28. The molecular weight excluding hydrogens is 268 g/mol. The minimum atomic E-state index is 0.761.